The van der Waals surface area contributed by atoms with Gasteiger partial charge in [0.1, 0.15) is 6.07 Å². The Morgan fingerprint density at radius 2 is 2.24 bits per heavy atom. The fourth-order valence-corrected chi connectivity index (χ4v) is 3.01. The van der Waals surface area contributed by atoms with Gasteiger partial charge in [-0.05, 0) is 25.7 Å². The molecule has 0 spiro atoms. The average molecular weight is 301 g/mol. The topological polar surface area (TPSA) is 68.9 Å². The van der Waals surface area contributed by atoms with Crippen molar-refractivity contribution < 1.29 is 5.11 Å². The molecule has 0 saturated carbocycles. The van der Waals surface area contributed by atoms with E-state index in [2.05, 4.69) is 16.4 Å². The monoisotopic (exact) mass is 301 g/mol. The number of nitrogens with one attached hydrogen (secondary N) is 1. The Kier molecular flexibility index (Phi) is 4.71. The van der Waals surface area contributed by atoms with E-state index in [0.717, 1.165) is 22.2 Å². The van der Waals surface area contributed by atoms with Crippen molar-refractivity contribution in [3.05, 3.63) is 35.5 Å². The first kappa shape index (κ1) is 15.6. The lowest BCUT2D eigenvalue weighted by Gasteiger charge is -2.24. The van der Waals surface area contributed by atoms with Crippen LogP contribution in [0.25, 0.3) is 10.9 Å². The minimum Gasteiger partial charge on any atom is -0.387 e. The van der Waals surface area contributed by atoms with Gasteiger partial charge in [-0.15, -0.1) is 0 Å². The van der Waals surface area contributed by atoms with Crippen LogP contribution in [0.2, 0.25) is 0 Å². The van der Waals surface area contributed by atoms with Gasteiger partial charge in [-0.2, -0.15) is 17.0 Å². The average Bonchev–Trinajstić information content (AvgIpc) is 2.45. The van der Waals surface area contributed by atoms with E-state index in [9.17, 15) is 10.4 Å². The van der Waals surface area contributed by atoms with E-state index in [1.165, 1.54) is 0 Å². The van der Waals surface area contributed by atoms with Crippen molar-refractivity contribution in [2.45, 2.75) is 19.4 Å². The lowest BCUT2D eigenvalue weighted by Crippen LogP contribution is -2.36. The summed E-state index contributed by atoms with van der Waals surface area (Å²) < 4.78 is 0. The minimum absolute atomic E-state index is 0.384. The van der Waals surface area contributed by atoms with Crippen LogP contribution in [0, 0.1) is 18.3 Å². The van der Waals surface area contributed by atoms with Crippen LogP contribution in [0.4, 0.5) is 5.69 Å². The molecule has 0 fully saturated rings. The first-order valence-electron chi connectivity index (χ1n) is 6.72. The molecule has 21 heavy (non-hydrogen) atoms. The Balaban J connectivity index is 2.42. The number of benzene rings is 1. The second kappa shape index (κ2) is 6.33. The maximum absolute atomic E-state index is 10.3. The van der Waals surface area contributed by atoms with Crippen LogP contribution < -0.4 is 5.32 Å². The Labute approximate surface area is 129 Å². The fourth-order valence-electron chi connectivity index (χ4n) is 2.29. The molecule has 1 heterocycles. The predicted molar refractivity (Wildman–Crippen MR) is 88.7 cm³/mol. The molecular formula is C16H19N3OS. The Morgan fingerprint density at radius 3 is 2.90 bits per heavy atom. The highest BCUT2D eigenvalue weighted by Crippen LogP contribution is 2.28. The summed E-state index contributed by atoms with van der Waals surface area (Å²) in [6.45, 7) is 4.17. The van der Waals surface area contributed by atoms with Gasteiger partial charge >= 0.3 is 0 Å². The van der Waals surface area contributed by atoms with Gasteiger partial charge < -0.3 is 10.4 Å². The van der Waals surface area contributed by atoms with Gasteiger partial charge in [-0.3, -0.25) is 4.98 Å². The van der Waals surface area contributed by atoms with Crippen molar-refractivity contribution in [2.75, 3.05) is 23.9 Å². The number of hydrogen-bond donors (Lipinski definition) is 2. The number of rotatable bonds is 5. The van der Waals surface area contributed by atoms with Crippen molar-refractivity contribution in [1.29, 1.82) is 5.26 Å². The van der Waals surface area contributed by atoms with Crippen LogP contribution in [0.3, 0.4) is 0 Å². The van der Waals surface area contributed by atoms with E-state index >= 15 is 0 Å². The molecule has 0 aliphatic heterocycles. The van der Waals surface area contributed by atoms with Crippen molar-refractivity contribution in [3.63, 3.8) is 0 Å². The summed E-state index contributed by atoms with van der Waals surface area (Å²) in [7, 11) is 0. The third kappa shape index (κ3) is 3.46. The van der Waals surface area contributed by atoms with Gasteiger partial charge in [0, 0.05) is 23.9 Å². The van der Waals surface area contributed by atoms with Crippen LogP contribution in [-0.4, -0.2) is 34.2 Å². The Bertz CT molecular complexity index is 692. The van der Waals surface area contributed by atoms with Crippen molar-refractivity contribution in [3.8, 4) is 6.07 Å². The summed E-state index contributed by atoms with van der Waals surface area (Å²) in [5, 5.41) is 23.7. The molecule has 2 N–H and O–H groups in total. The molecule has 110 valence electrons. The van der Waals surface area contributed by atoms with Crippen LogP contribution >= 0.6 is 11.8 Å². The molecule has 0 saturated heterocycles. The predicted octanol–water partition coefficient (Wildman–Crippen LogP) is 2.94. The summed E-state index contributed by atoms with van der Waals surface area (Å²) in [4.78, 5) is 4.36. The van der Waals surface area contributed by atoms with E-state index in [0.29, 0.717) is 17.9 Å². The number of para-hydroxylation sites is 1. The highest BCUT2D eigenvalue weighted by atomic mass is 32.2. The fraction of sp³-hybridized carbons (Fsp3) is 0.375. The summed E-state index contributed by atoms with van der Waals surface area (Å²) in [6.07, 6.45) is 3.54. The molecule has 0 aliphatic rings. The normalized spacial score (nSPS) is 13.7. The summed E-state index contributed by atoms with van der Waals surface area (Å²) in [6, 6.07) is 8.06. The number of nitriles is 1. The van der Waals surface area contributed by atoms with Gasteiger partial charge in [0.25, 0.3) is 0 Å². The largest absolute Gasteiger partial charge is 0.387 e. The molecule has 1 aromatic carbocycles. The van der Waals surface area contributed by atoms with Gasteiger partial charge in [-0.25, -0.2) is 0 Å². The summed E-state index contributed by atoms with van der Waals surface area (Å²) in [5.74, 6) is 0.629. The standard InChI is InChI=1S/C16H19N3OS/c1-11-5-4-6-13-14(11)18-8-12(7-17)15(13)19-9-16(2,20)10-21-3/h4-6,8,20H,9-10H2,1-3H3,(H,18,19)/t16-/m1/s1. The SMILES string of the molecule is CSC[C@](C)(O)CNc1c(C#N)cnc2c(C)cccc12. The number of aromatic nitrogens is 1. The minimum atomic E-state index is -0.828. The molecule has 5 heteroatoms. The van der Waals surface area contributed by atoms with Crippen molar-refractivity contribution in [1.82, 2.24) is 4.98 Å². The number of aliphatic hydroxyl groups is 1. The summed E-state index contributed by atoms with van der Waals surface area (Å²) >= 11 is 1.59. The second-order valence-electron chi connectivity index (χ2n) is 5.41. The highest BCUT2D eigenvalue weighted by molar-refractivity contribution is 7.98. The molecule has 0 aliphatic carbocycles. The number of hydrogen-bond acceptors (Lipinski definition) is 5. The quantitative estimate of drug-likeness (QED) is 0.888. The van der Waals surface area contributed by atoms with Crippen LogP contribution in [0.15, 0.2) is 24.4 Å². The maximum atomic E-state index is 10.3. The van der Waals surface area contributed by atoms with Crippen LogP contribution in [0.5, 0.6) is 0 Å². The van der Waals surface area contributed by atoms with E-state index in [1.54, 1.807) is 24.9 Å². The van der Waals surface area contributed by atoms with Crippen molar-refractivity contribution >= 4 is 28.4 Å². The molecule has 2 rings (SSSR count). The van der Waals surface area contributed by atoms with Crippen LogP contribution in [0.1, 0.15) is 18.1 Å². The third-order valence-corrected chi connectivity index (χ3v) is 4.23. The Hall–Kier alpha value is -1.77. The van der Waals surface area contributed by atoms with Crippen molar-refractivity contribution in [2.24, 2.45) is 0 Å². The molecule has 0 amide bonds. The molecule has 1 aromatic heterocycles. The highest BCUT2D eigenvalue weighted by Gasteiger charge is 2.20. The zero-order chi connectivity index (χ0) is 15.5. The molecule has 0 bridgehead atoms. The lowest BCUT2D eigenvalue weighted by atomic mass is 10.1. The molecule has 1 atom stereocenters. The number of fused-ring (bicyclic) bond motifs is 1. The first-order chi connectivity index (χ1) is 9.98. The van der Waals surface area contributed by atoms with E-state index in [4.69, 9.17) is 0 Å². The third-order valence-electron chi connectivity index (χ3n) is 3.32. The number of anilines is 1. The lowest BCUT2D eigenvalue weighted by molar-refractivity contribution is 0.0997. The maximum Gasteiger partial charge on any atom is 0.103 e. The van der Waals surface area contributed by atoms with E-state index in [-0.39, 0.29) is 0 Å². The Morgan fingerprint density at radius 1 is 1.48 bits per heavy atom. The number of pyridine rings is 1. The van der Waals surface area contributed by atoms with Crippen LogP contribution in [-0.2, 0) is 0 Å². The van der Waals surface area contributed by atoms with E-state index in [1.807, 2.05) is 31.4 Å². The van der Waals surface area contributed by atoms with Gasteiger partial charge in [-0.1, -0.05) is 18.2 Å². The first-order valence-corrected chi connectivity index (χ1v) is 8.11. The zero-order valence-electron chi connectivity index (χ0n) is 12.5. The molecule has 0 unspecified atom stereocenters. The summed E-state index contributed by atoms with van der Waals surface area (Å²) in [5.41, 5.74) is 2.35. The van der Waals surface area contributed by atoms with E-state index < -0.39 is 5.60 Å². The number of thioether (sulfide) groups is 1. The molecular weight excluding hydrogens is 282 g/mol. The number of nitrogens with zero attached hydrogens (tertiary/aromatic N) is 2. The van der Waals surface area contributed by atoms with Gasteiger partial charge in [0.15, 0.2) is 0 Å². The molecule has 0 radical (unpaired) electrons. The number of aryl methyl sites for hydroxylation is 1. The van der Waals surface area contributed by atoms with Gasteiger partial charge in [0.05, 0.1) is 22.4 Å². The van der Waals surface area contributed by atoms with Gasteiger partial charge in [0.2, 0.25) is 0 Å². The zero-order valence-corrected chi connectivity index (χ0v) is 13.3. The second-order valence-corrected chi connectivity index (χ2v) is 6.28. The molecule has 2 aromatic rings. The molecule has 4 nitrogen and oxygen atoms in total. The smallest absolute Gasteiger partial charge is 0.103 e.